The summed E-state index contributed by atoms with van der Waals surface area (Å²) < 4.78 is 23.0. The number of nitrogens with zero attached hydrogens (tertiary/aromatic N) is 1. The molecule has 7 nitrogen and oxygen atoms in total. The lowest BCUT2D eigenvalue weighted by atomic mass is 10.2. The number of halogens is 1. The van der Waals surface area contributed by atoms with Gasteiger partial charge in [-0.3, -0.25) is 4.79 Å². The van der Waals surface area contributed by atoms with Crippen molar-refractivity contribution < 1.29 is 23.1 Å². The summed E-state index contributed by atoms with van der Waals surface area (Å²) >= 11 is 3.19. The summed E-state index contributed by atoms with van der Waals surface area (Å²) in [7, 11) is -3.78. The molecule has 1 saturated heterocycles. The molecule has 1 aliphatic heterocycles. The summed E-state index contributed by atoms with van der Waals surface area (Å²) in [5.41, 5.74) is 0.487. The summed E-state index contributed by atoms with van der Waals surface area (Å²) in [6.07, 6.45) is -0.175. The minimum atomic E-state index is -3.78. The average Bonchev–Trinajstić information content (AvgIpc) is 2.71. The van der Waals surface area contributed by atoms with Crippen molar-refractivity contribution in [3.8, 4) is 0 Å². The second-order valence-corrected chi connectivity index (χ2v) is 7.09. The Morgan fingerprint density at radius 3 is 2.55 bits per heavy atom. The molecule has 1 unspecified atom stereocenters. The summed E-state index contributed by atoms with van der Waals surface area (Å²) in [6, 6.07) is 4.16. The highest BCUT2D eigenvalue weighted by Gasteiger charge is 2.37. The molecule has 9 heteroatoms. The monoisotopic (exact) mass is 362 g/mol. The van der Waals surface area contributed by atoms with Gasteiger partial charge in [0, 0.05) is 17.4 Å². The molecule has 0 radical (unpaired) electrons. The van der Waals surface area contributed by atoms with Gasteiger partial charge in [0.25, 0.3) is 0 Å². The Morgan fingerprint density at radius 1 is 1.45 bits per heavy atom. The quantitative estimate of drug-likeness (QED) is 0.813. The van der Waals surface area contributed by atoms with Crippen LogP contribution in [0, 0.1) is 0 Å². The van der Waals surface area contributed by atoms with E-state index in [9.17, 15) is 18.0 Å². The number of carbonyl (C=O) groups excluding carboxylic acids is 1. The molecule has 1 aromatic rings. The van der Waals surface area contributed by atoms with Gasteiger partial charge in [0.1, 0.15) is 5.25 Å². The van der Waals surface area contributed by atoms with Crippen molar-refractivity contribution in [2.24, 2.45) is 5.14 Å². The first kappa shape index (κ1) is 14.9. The number of carboxylic acids is 1. The van der Waals surface area contributed by atoms with Crippen molar-refractivity contribution in [1.29, 1.82) is 0 Å². The molecule has 1 amide bonds. The molecular formula is C11H11BrN2O5S. The van der Waals surface area contributed by atoms with E-state index in [-0.39, 0.29) is 24.4 Å². The number of nitrogens with two attached hydrogens (primary N) is 1. The molecule has 0 saturated carbocycles. The SMILES string of the molecule is NS(=O)(=O)C1CC(=O)N(c2ccc(C(=O)O)cc2Br)C1. The van der Waals surface area contributed by atoms with E-state index in [0.717, 1.165) is 0 Å². The molecule has 1 aliphatic rings. The number of primary sulfonamides is 1. The number of carboxylic acid groups (broad SMARTS) is 1. The van der Waals surface area contributed by atoms with Gasteiger partial charge < -0.3 is 10.0 Å². The summed E-state index contributed by atoms with van der Waals surface area (Å²) in [4.78, 5) is 24.0. The third-order valence-electron chi connectivity index (χ3n) is 3.04. The largest absolute Gasteiger partial charge is 0.478 e. The van der Waals surface area contributed by atoms with E-state index in [0.29, 0.717) is 10.2 Å². The number of sulfonamides is 1. The van der Waals surface area contributed by atoms with Crippen LogP contribution < -0.4 is 10.0 Å². The number of amides is 1. The molecule has 0 bridgehead atoms. The van der Waals surface area contributed by atoms with Crippen LogP contribution in [0.2, 0.25) is 0 Å². The topological polar surface area (TPSA) is 118 Å². The van der Waals surface area contributed by atoms with Crippen LogP contribution in [0.1, 0.15) is 16.8 Å². The normalized spacial score (nSPS) is 19.4. The summed E-state index contributed by atoms with van der Waals surface area (Å²) in [6.45, 7) is -0.0390. The first-order valence-electron chi connectivity index (χ1n) is 5.55. The highest BCUT2D eigenvalue weighted by Crippen LogP contribution is 2.31. The predicted octanol–water partition coefficient (Wildman–Crippen LogP) is 0.541. The zero-order valence-corrected chi connectivity index (χ0v) is 12.5. The van der Waals surface area contributed by atoms with Crippen molar-refractivity contribution >= 4 is 43.5 Å². The van der Waals surface area contributed by atoms with Crippen molar-refractivity contribution in [2.45, 2.75) is 11.7 Å². The van der Waals surface area contributed by atoms with Gasteiger partial charge in [0.05, 0.1) is 11.3 Å². The van der Waals surface area contributed by atoms with Gasteiger partial charge in [-0.25, -0.2) is 18.4 Å². The minimum absolute atomic E-state index is 0.0390. The molecule has 1 fully saturated rings. The Kier molecular flexibility index (Phi) is 3.85. The number of rotatable bonds is 3. The molecule has 1 aromatic carbocycles. The molecule has 20 heavy (non-hydrogen) atoms. The highest BCUT2D eigenvalue weighted by molar-refractivity contribution is 9.10. The Labute approximate surface area is 123 Å². The second-order valence-electron chi connectivity index (χ2n) is 4.39. The van der Waals surface area contributed by atoms with Crippen LogP contribution >= 0.6 is 15.9 Å². The third kappa shape index (κ3) is 2.84. The molecule has 0 spiro atoms. The molecule has 0 aliphatic carbocycles. The van der Waals surface area contributed by atoms with E-state index in [2.05, 4.69) is 15.9 Å². The van der Waals surface area contributed by atoms with Crippen molar-refractivity contribution in [3.05, 3.63) is 28.2 Å². The zero-order valence-electron chi connectivity index (χ0n) is 10.1. The number of hydrogen-bond acceptors (Lipinski definition) is 4. The minimum Gasteiger partial charge on any atom is -0.478 e. The van der Waals surface area contributed by atoms with E-state index in [4.69, 9.17) is 10.2 Å². The summed E-state index contributed by atoms with van der Waals surface area (Å²) in [5, 5.41) is 13.0. The number of aromatic carboxylic acids is 1. The number of carbonyl (C=O) groups is 2. The first-order valence-corrected chi connectivity index (χ1v) is 7.95. The van der Waals surface area contributed by atoms with Crippen LogP contribution in [0.25, 0.3) is 0 Å². The fraction of sp³-hybridized carbons (Fsp3) is 0.273. The average molecular weight is 363 g/mol. The molecule has 108 valence electrons. The summed E-state index contributed by atoms with van der Waals surface area (Å²) in [5.74, 6) is -1.46. The van der Waals surface area contributed by atoms with E-state index in [1.54, 1.807) is 0 Å². The predicted molar refractivity (Wildman–Crippen MR) is 75.0 cm³/mol. The Bertz CT molecular complexity index is 688. The van der Waals surface area contributed by atoms with E-state index >= 15 is 0 Å². The Balaban J connectivity index is 2.33. The number of benzene rings is 1. The maximum Gasteiger partial charge on any atom is 0.335 e. The van der Waals surface area contributed by atoms with Crippen LogP contribution in [-0.4, -0.2) is 37.2 Å². The van der Waals surface area contributed by atoms with Gasteiger partial charge in [0.15, 0.2) is 0 Å². The third-order valence-corrected chi connectivity index (χ3v) is 4.92. The van der Waals surface area contributed by atoms with E-state index in [1.807, 2.05) is 0 Å². The molecule has 2 rings (SSSR count). The number of hydrogen-bond donors (Lipinski definition) is 2. The van der Waals surface area contributed by atoms with Crippen molar-refractivity contribution in [3.63, 3.8) is 0 Å². The molecular weight excluding hydrogens is 352 g/mol. The highest BCUT2D eigenvalue weighted by atomic mass is 79.9. The number of anilines is 1. The van der Waals surface area contributed by atoms with Crippen LogP contribution in [0.5, 0.6) is 0 Å². The standard InChI is InChI=1S/C11H11BrN2O5S/c12-8-3-6(11(16)17)1-2-9(8)14-5-7(4-10(14)15)20(13,18)19/h1-3,7H,4-5H2,(H,16,17)(H2,13,18,19). The maximum atomic E-state index is 11.9. The fourth-order valence-corrected chi connectivity index (χ4v) is 3.31. The van der Waals surface area contributed by atoms with Gasteiger partial charge in [-0.05, 0) is 34.1 Å². The molecule has 1 atom stereocenters. The Hall–Kier alpha value is -1.45. The van der Waals surface area contributed by atoms with E-state index in [1.165, 1.54) is 23.1 Å². The molecule has 1 heterocycles. The van der Waals surface area contributed by atoms with Crippen molar-refractivity contribution in [1.82, 2.24) is 0 Å². The lowest BCUT2D eigenvalue weighted by Crippen LogP contribution is -2.32. The van der Waals surface area contributed by atoms with Crippen LogP contribution in [0.4, 0.5) is 5.69 Å². The van der Waals surface area contributed by atoms with Gasteiger partial charge in [-0.2, -0.15) is 0 Å². The first-order chi connectivity index (χ1) is 9.20. The fourth-order valence-electron chi connectivity index (χ4n) is 1.99. The maximum absolute atomic E-state index is 11.9. The van der Waals surface area contributed by atoms with Gasteiger partial charge in [-0.15, -0.1) is 0 Å². The van der Waals surface area contributed by atoms with Crippen molar-refractivity contribution in [2.75, 3.05) is 11.4 Å². The molecule has 0 aromatic heterocycles. The van der Waals surface area contributed by atoms with E-state index < -0.39 is 21.2 Å². The van der Waals surface area contributed by atoms with Crippen LogP contribution in [0.15, 0.2) is 22.7 Å². The van der Waals surface area contributed by atoms with Gasteiger partial charge in [-0.1, -0.05) is 0 Å². The van der Waals surface area contributed by atoms with Gasteiger partial charge in [0.2, 0.25) is 15.9 Å². The second kappa shape index (κ2) is 5.15. The lowest BCUT2D eigenvalue weighted by Gasteiger charge is -2.18. The molecule has 3 N–H and O–H groups in total. The zero-order chi connectivity index (χ0) is 15.1. The lowest BCUT2D eigenvalue weighted by molar-refractivity contribution is -0.117. The Morgan fingerprint density at radius 2 is 2.10 bits per heavy atom. The smallest absolute Gasteiger partial charge is 0.335 e. The van der Waals surface area contributed by atoms with Gasteiger partial charge >= 0.3 is 5.97 Å². The van der Waals surface area contributed by atoms with Crippen LogP contribution in [0.3, 0.4) is 0 Å². The van der Waals surface area contributed by atoms with Crippen LogP contribution in [-0.2, 0) is 14.8 Å².